The summed E-state index contributed by atoms with van der Waals surface area (Å²) >= 11 is 0. The van der Waals surface area contributed by atoms with Crippen molar-refractivity contribution < 1.29 is 33.5 Å². The second kappa shape index (κ2) is 9.07. The van der Waals surface area contributed by atoms with E-state index in [1.807, 2.05) is 0 Å². The van der Waals surface area contributed by atoms with E-state index < -0.39 is 10.9 Å². The molecular weight excluding hydrogens is 442 g/mol. The normalized spacial score (nSPS) is 13.3. The molecule has 172 valence electrons. The van der Waals surface area contributed by atoms with Gasteiger partial charge >= 0.3 is 5.97 Å². The van der Waals surface area contributed by atoms with Gasteiger partial charge in [0.1, 0.15) is 28.6 Å². The van der Waals surface area contributed by atoms with Gasteiger partial charge in [-0.05, 0) is 55.0 Å². The zero-order chi connectivity index (χ0) is 24.4. The summed E-state index contributed by atoms with van der Waals surface area (Å²) in [5.41, 5.74) is 1.41. The third-order valence-corrected chi connectivity index (χ3v) is 5.27. The Morgan fingerprint density at radius 3 is 2.21 bits per heavy atom. The molecule has 1 aliphatic rings. The van der Waals surface area contributed by atoms with Crippen LogP contribution in [0.1, 0.15) is 31.8 Å². The maximum absolute atomic E-state index is 12.9. The summed E-state index contributed by atoms with van der Waals surface area (Å²) in [6.45, 7) is 1.67. The smallest absolute Gasteiger partial charge is 0.351 e. The van der Waals surface area contributed by atoms with Gasteiger partial charge in [0.2, 0.25) is 5.78 Å². The van der Waals surface area contributed by atoms with Crippen LogP contribution in [0, 0.1) is 17.0 Å². The van der Waals surface area contributed by atoms with Gasteiger partial charge in [-0.3, -0.25) is 14.9 Å². The summed E-state index contributed by atoms with van der Waals surface area (Å²) in [7, 11) is 2.87. The summed E-state index contributed by atoms with van der Waals surface area (Å²) in [6, 6.07) is 13.7. The number of hydrogen-bond acceptors (Lipinski definition) is 8. The van der Waals surface area contributed by atoms with Crippen molar-refractivity contribution >= 4 is 23.5 Å². The number of nitro benzene ring substituents is 1. The average Bonchev–Trinajstić information content (AvgIpc) is 3.16. The van der Waals surface area contributed by atoms with Crippen molar-refractivity contribution in [3.63, 3.8) is 0 Å². The number of nitrogens with zero attached hydrogens (tertiary/aromatic N) is 1. The number of rotatable bonds is 6. The van der Waals surface area contributed by atoms with Gasteiger partial charge in [-0.2, -0.15) is 0 Å². The molecule has 34 heavy (non-hydrogen) atoms. The van der Waals surface area contributed by atoms with Gasteiger partial charge in [-0.1, -0.05) is 6.07 Å². The number of hydrogen-bond donors (Lipinski definition) is 0. The number of allylic oxidation sites excluding steroid dienone is 1. The molecule has 1 heterocycles. The SMILES string of the molecule is COc1cccc(OC)c1C(=O)Oc1ccc2c(c1C)O/C(=C\c1ccc([N+](=O)[O-])cc1)C2=O. The number of benzene rings is 3. The van der Waals surface area contributed by atoms with Crippen LogP contribution in [0.15, 0.2) is 60.4 Å². The molecule has 0 aromatic heterocycles. The van der Waals surface area contributed by atoms with Crippen LogP contribution in [0.25, 0.3) is 6.08 Å². The van der Waals surface area contributed by atoms with Gasteiger partial charge in [-0.25, -0.2) is 4.79 Å². The largest absolute Gasteiger partial charge is 0.496 e. The molecule has 0 saturated carbocycles. The van der Waals surface area contributed by atoms with E-state index >= 15 is 0 Å². The summed E-state index contributed by atoms with van der Waals surface area (Å²) in [5, 5.41) is 10.8. The molecule has 4 rings (SSSR count). The number of non-ortho nitro benzene ring substituents is 1. The molecule has 3 aromatic rings. The highest BCUT2D eigenvalue weighted by Crippen LogP contribution is 2.40. The molecule has 0 unspecified atom stereocenters. The lowest BCUT2D eigenvalue weighted by molar-refractivity contribution is -0.384. The summed E-state index contributed by atoms with van der Waals surface area (Å²) < 4.78 is 21.9. The van der Waals surface area contributed by atoms with E-state index in [0.717, 1.165) is 0 Å². The van der Waals surface area contributed by atoms with E-state index in [1.165, 1.54) is 56.7 Å². The van der Waals surface area contributed by atoms with Gasteiger partial charge in [0.05, 0.1) is 24.7 Å². The number of fused-ring (bicyclic) bond motifs is 1. The first kappa shape index (κ1) is 22.5. The molecule has 0 fully saturated rings. The number of methoxy groups -OCH3 is 2. The van der Waals surface area contributed by atoms with Crippen molar-refractivity contribution in [1.29, 1.82) is 0 Å². The Morgan fingerprint density at radius 2 is 1.62 bits per heavy atom. The van der Waals surface area contributed by atoms with E-state index in [-0.39, 0.29) is 34.3 Å². The molecule has 0 radical (unpaired) electrons. The fraction of sp³-hybridized carbons (Fsp3) is 0.120. The Balaban J connectivity index is 1.62. The van der Waals surface area contributed by atoms with Gasteiger partial charge in [-0.15, -0.1) is 0 Å². The van der Waals surface area contributed by atoms with Gasteiger partial charge in [0.25, 0.3) is 5.69 Å². The number of carbonyl (C=O) groups excluding carboxylic acids is 2. The topological polar surface area (TPSA) is 114 Å². The lowest BCUT2D eigenvalue weighted by Crippen LogP contribution is -2.12. The average molecular weight is 461 g/mol. The maximum Gasteiger partial charge on any atom is 0.351 e. The highest BCUT2D eigenvalue weighted by Gasteiger charge is 2.31. The minimum absolute atomic E-state index is 0.0572. The Labute approximate surface area is 194 Å². The monoisotopic (exact) mass is 461 g/mol. The van der Waals surface area contributed by atoms with Crippen LogP contribution >= 0.6 is 0 Å². The molecule has 0 N–H and O–H groups in total. The molecule has 0 spiro atoms. The van der Waals surface area contributed by atoms with Crippen molar-refractivity contribution in [2.75, 3.05) is 14.2 Å². The minimum Gasteiger partial charge on any atom is -0.496 e. The van der Waals surface area contributed by atoms with Crippen molar-refractivity contribution in [2.24, 2.45) is 0 Å². The Bertz CT molecular complexity index is 1320. The van der Waals surface area contributed by atoms with E-state index in [2.05, 4.69) is 0 Å². The predicted octanol–water partition coefficient (Wildman–Crippen LogP) is 4.76. The Morgan fingerprint density at radius 1 is 0.971 bits per heavy atom. The fourth-order valence-corrected chi connectivity index (χ4v) is 3.53. The van der Waals surface area contributed by atoms with E-state index in [0.29, 0.717) is 28.2 Å². The molecule has 9 nitrogen and oxygen atoms in total. The van der Waals surface area contributed by atoms with Crippen LogP contribution in [-0.4, -0.2) is 30.9 Å². The molecule has 0 amide bonds. The second-order valence-electron chi connectivity index (χ2n) is 7.28. The zero-order valence-corrected chi connectivity index (χ0v) is 18.5. The molecule has 0 atom stereocenters. The summed E-state index contributed by atoms with van der Waals surface area (Å²) in [6.07, 6.45) is 1.50. The van der Waals surface area contributed by atoms with Crippen LogP contribution in [0.2, 0.25) is 0 Å². The van der Waals surface area contributed by atoms with Crippen molar-refractivity contribution in [3.8, 4) is 23.0 Å². The number of carbonyl (C=O) groups is 2. The first-order valence-corrected chi connectivity index (χ1v) is 10.1. The third-order valence-electron chi connectivity index (χ3n) is 5.27. The quantitative estimate of drug-likeness (QED) is 0.170. The highest BCUT2D eigenvalue weighted by molar-refractivity contribution is 6.15. The van der Waals surface area contributed by atoms with Crippen molar-refractivity contribution in [1.82, 2.24) is 0 Å². The van der Waals surface area contributed by atoms with Crippen LogP contribution < -0.4 is 18.9 Å². The van der Waals surface area contributed by atoms with Crippen molar-refractivity contribution in [2.45, 2.75) is 6.92 Å². The van der Waals surface area contributed by atoms with Gasteiger partial charge in [0.15, 0.2) is 5.76 Å². The van der Waals surface area contributed by atoms with E-state index in [1.54, 1.807) is 25.1 Å². The standard InChI is InChI=1S/C25H19NO8/c1-14-18(34-25(28)22-19(31-2)5-4-6-20(22)32-3)12-11-17-23(27)21(33-24(14)17)13-15-7-9-16(10-8-15)26(29)30/h4-13H,1-3H3/b21-13-. The van der Waals surface area contributed by atoms with Crippen molar-refractivity contribution in [3.05, 3.63) is 92.7 Å². The first-order chi connectivity index (χ1) is 16.3. The van der Waals surface area contributed by atoms with Gasteiger partial charge in [0, 0.05) is 17.7 Å². The van der Waals surface area contributed by atoms with E-state index in [9.17, 15) is 19.7 Å². The number of ketones is 1. The summed E-state index contributed by atoms with van der Waals surface area (Å²) in [4.78, 5) is 36.1. The minimum atomic E-state index is -0.691. The first-order valence-electron chi connectivity index (χ1n) is 10.1. The van der Waals surface area contributed by atoms with E-state index in [4.69, 9.17) is 18.9 Å². The van der Waals surface area contributed by atoms with Crippen LogP contribution in [0.5, 0.6) is 23.0 Å². The second-order valence-corrected chi connectivity index (χ2v) is 7.28. The summed E-state index contributed by atoms with van der Waals surface area (Å²) in [5.74, 6) is 0.0910. The molecular formula is C25H19NO8. The zero-order valence-electron chi connectivity index (χ0n) is 18.5. The Hall–Kier alpha value is -4.66. The lowest BCUT2D eigenvalue weighted by Gasteiger charge is -2.14. The van der Waals surface area contributed by atoms with Crippen LogP contribution in [0.3, 0.4) is 0 Å². The number of nitro groups is 1. The third kappa shape index (κ3) is 4.06. The Kier molecular flexibility index (Phi) is 6.01. The molecule has 0 saturated heterocycles. The van der Waals surface area contributed by atoms with Crippen LogP contribution in [0.4, 0.5) is 5.69 Å². The fourth-order valence-electron chi connectivity index (χ4n) is 3.53. The lowest BCUT2D eigenvalue weighted by atomic mass is 10.1. The maximum atomic E-state index is 12.9. The molecule has 1 aliphatic heterocycles. The molecule has 9 heteroatoms. The number of esters is 1. The van der Waals surface area contributed by atoms with Crippen LogP contribution in [-0.2, 0) is 0 Å². The number of ether oxygens (including phenoxy) is 4. The predicted molar refractivity (Wildman–Crippen MR) is 122 cm³/mol. The molecule has 0 aliphatic carbocycles. The molecule has 3 aromatic carbocycles. The molecule has 0 bridgehead atoms. The highest BCUT2D eigenvalue weighted by atomic mass is 16.6. The number of Topliss-reactive ketones (excluding diaryl/α,β-unsaturated/α-hetero) is 1. The van der Waals surface area contributed by atoms with Gasteiger partial charge < -0.3 is 18.9 Å².